The summed E-state index contributed by atoms with van der Waals surface area (Å²) >= 11 is 0. The number of phenolic OH excluding ortho intramolecular Hbond substituents is 1. The molecule has 2 aromatic rings. The Morgan fingerprint density at radius 2 is 2.12 bits per heavy atom. The van der Waals surface area contributed by atoms with Crippen molar-refractivity contribution < 1.29 is 9.90 Å². The van der Waals surface area contributed by atoms with E-state index in [-0.39, 0.29) is 11.7 Å². The molecule has 2 rings (SSSR count). The van der Waals surface area contributed by atoms with E-state index in [0.717, 1.165) is 10.8 Å². The van der Waals surface area contributed by atoms with Gasteiger partial charge in [-0.1, -0.05) is 18.2 Å². The predicted molar refractivity (Wildman–Crippen MR) is 67.9 cm³/mol. The highest BCUT2D eigenvalue weighted by Gasteiger charge is 2.09. The molecule has 88 valence electrons. The van der Waals surface area contributed by atoms with Gasteiger partial charge < -0.3 is 16.2 Å². The molecule has 2 aromatic carbocycles. The quantitative estimate of drug-likeness (QED) is 0.736. The summed E-state index contributed by atoms with van der Waals surface area (Å²) in [6.07, 6.45) is 0. The van der Waals surface area contributed by atoms with Gasteiger partial charge in [0.05, 0.1) is 6.04 Å². The first-order valence-corrected chi connectivity index (χ1v) is 5.36. The standard InChI is InChI=1S/C13H14N2O2/c1-8(14)13(17)15-12-4-2-3-9-5-6-10(16)7-11(9)12/h2-8,16H,14H2,1H3,(H,15,17). The fourth-order valence-electron chi connectivity index (χ4n) is 1.62. The summed E-state index contributed by atoms with van der Waals surface area (Å²) in [5.74, 6) is -0.0826. The molecule has 1 unspecified atom stereocenters. The molecule has 0 aliphatic carbocycles. The molecule has 4 nitrogen and oxygen atoms in total. The first-order valence-electron chi connectivity index (χ1n) is 5.36. The van der Waals surface area contributed by atoms with E-state index in [1.54, 1.807) is 31.2 Å². The minimum atomic E-state index is -0.567. The highest BCUT2D eigenvalue weighted by atomic mass is 16.3. The summed E-state index contributed by atoms with van der Waals surface area (Å²) in [6.45, 7) is 1.62. The number of nitrogens with two attached hydrogens (primary N) is 1. The molecule has 0 aromatic heterocycles. The van der Waals surface area contributed by atoms with Crippen molar-refractivity contribution in [3.63, 3.8) is 0 Å². The number of amides is 1. The molecular formula is C13H14N2O2. The molecule has 0 spiro atoms. The molecule has 0 aliphatic heterocycles. The van der Waals surface area contributed by atoms with Crippen LogP contribution < -0.4 is 11.1 Å². The van der Waals surface area contributed by atoms with Crippen molar-refractivity contribution in [2.45, 2.75) is 13.0 Å². The summed E-state index contributed by atoms with van der Waals surface area (Å²) in [4.78, 5) is 11.5. The Kier molecular flexibility index (Phi) is 2.97. The van der Waals surface area contributed by atoms with Crippen LogP contribution in [-0.2, 0) is 4.79 Å². The highest BCUT2D eigenvalue weighted by Crippen LogP contribution is 2.26. The lowest BCUT2D eigenvalue weighted by Crippen LogP contribution is -2.32. The van der Waals surface area contributed by atoms with Gasteiger partial charge in [-0.05, 0) is 30.5 Å². The van der Waals surface area contributed by atoms with Gasteiger partial charge in [-0.25, -0.2) is 0 Å². The van der Waals surface area contributed by atoms with Gasteiger partial charge in [-0.2, -0.15) is 0 Å². The molecule has 0 radical (unpaired) electrons. The van der Waals surface area contributed by atoms with Crippen LogP contribution >= 0.6 is 0 Å². The first kappa shape index (κ1) is 11.4. The van der Waals surface area contributed by atoms with E-state index in [1.165, 1.54) is 0 Å². The van der Waals surface area contributed by atoms with E-state index in [2.05, 4.69) is 5.32 Å². The molecular weight excluding hydrogens is 216 g/mol. The minimum Gasteiger partial charge on any atom is -0.508 e. The van der Waals surface area contributed by atoms with Crippen LogP contribution in [0.1, 0.15) is 6.92 Å². The average molecular weight is 230 g/mol. The Bertz CT molecular complexity index is 564. The Morgan fingerprint density at radius 3 is 2.82 bits per heavy atom. The maximum absolute atomic E-state index is 11.5. The second-order valence-electron chi connectivity index (χ2n) is 3.99. The van der Waals surface area contributed by atoms with Crippen LogP contribution in [0.4, 0.5) is 5.69 Å². The van der Waals surface area contributed by atoms with E-state index >= 15 is 0 Å². The SMILES string of the molecule is CC(N)C(=O)Nc1cccc2ccc(O)cc12. The molecule has 1 amide bonds. The van der Waals surface area contributed by atoms with Crippen LogP contribution in [0.25, 0.3) is 10.8 Å². The Balaban J connectivity index is 2.46. The van der Waals surface area contributed by atoms with Crippen molar-refractivity contribution in [1.82, 2.24) is 0 Å². The lowest BCUT2D eigenvalue weighted by atomic mass is 10.1. The number of hydrogen-bond donors (Lipinski definition) is 3. The number of hydrogen-bond acceptors (Lipinski definition) is 3. The lowest BCUT2D eigenvalue weighted by Gasteiger charge is -2.10. The molecule has 17 heavy (non-hydrogen) atoms. The zero-order valence-corrected chi connectivity index (χ0v) is 9.47. The van der Waals surface area contributed by atoms with E-state index < -0.39 is 6.04 Å². The summed E-state index contributed by atoms with van der Waals surface area (Å²) < 4.78 is 0. The normalized spacial score (nSPS) is 12.4. The van der Waals surface area contributed by atoms with Gasteiger partial charge in [0.1, 0.15) is 5.75 Å². The minimum absolute atomic E-state index is 0.167. The third-order valence-electron chi connectivity index (χ3n) is 2.54. The number of benzene rings is 2. The first-order chi connectivity index (χ1) is 8.08. The summed E-state index contributed by atoms with van der Waals surface area (Å²) in [6, 6.07) is 9.99. The van der Waals surface area contributed by atoms with Gasteiger partial charge in [-0.3, -0.25) is 4.79 Å². The van der Waals surface area contributed by atoms with Gasteiger partial charge in [0.2, 0.25) is 5.91 Å². The Labute approximate surface area is 99.1 Å². The molecule has 4 N–H and O–H groups in total. The van der Waals surface area contributed by atoms with Crippen molar-refractivity contribution in [1.29, 1.82) is 0 Å². The van der Waals surface area contributed by atoms with E-state index in [9.17, 15) is 9.90 Å². The zero-order valence-electron chi connectivity index (χ0n) is 9.47. The second-order valence-corrected chi connectivity index (χ2v) is 3.99. The summed E-state index contributed by atoms with van der Waals surface area (Å²) in [7, 11) is 0. The van der Waals surface area contributed by atoms with Crippen LogP contribution in [-0.4, -0.2) is 17.1 Å². The van der Waals surface area contributed by atoms with Gasteiger partial charge >= 0.3 is 0 Å². The number of aromatic hydroxyl groups is 1. The molecule has 4 heteroatoms. The highest BCUT2D eigenvalue weighted by molar-refractivity contribution is 6.03. The maximum atomic E-state index is 11.5. The van der Waals surface area contributed by atoms with Crippen molar-refractivity contribution in [3.05, 3.63) is 36.4 Å². The van der Waals surface area contributed by atoms with Crippen LogP contribution in [0.5, 0.6) is 5.75 Å². The number of fused-ring (bicyclic) bond motifs is 1. The molecule has 0 saturated heterocycles. The van der Waals surface area contributed by atoms with Gasteiger partial charge in [-0.15, -0.1) is 0 Å². The molecule has 0 bridgehead atoms. The molecule has 1 atom stereocenters. The van der Waals surface area contributed by atoms with Gasteiger partial charge in [0, 0.05) is 11.1 Å². The molecule has 0 aliphatic rings. The fourth-order valence-corrected chi connectivity index (χ4v) is 1.62. The number of nitrogens with one attached hydrogen (secondary N) is 1. The molecule has 0 saturated carbocycles. The third kappa shape index (κ3) is 2.37. The van der Waals surface area contributed by atoms with Crippen LogP contribution in [0.3, 0.4) is 0 Å². The zero-order chi connectivity index (χ0) is 12.4. The fraction of sp³-hybridized carbons (Fsp3) is 0.154. The van der Waals surface area contributed by atoms with E-state index in [4.69, 9.17) is 5.73 Å². The summed E-state index contributed by atoms with van der Waals surface area (Å²) in [5.41, 5.74) is 6.15. The number of phenols is 1. The van der Waals surface area contributed by atoms with Crippen LogP contribution in [0.15, 0.2) is 36.4 Å². The monoisotopic (exact) mass is 230 g/mol. The predicted octanol–water partition coefficient (Wildman–Crippen LogP) is 1.83. The largest absolute Gasteiger partial charge is 0.508 e. The second kappa shape index (κ2) is 4.43. The average Bonchev–Trinajstić information content (AvgIpc) is 2.29. The molecule has 0 fully saturated rings. The van der Waals surface area contributed by atoms with E-state index in [1.807, 2.05) is 12.1 Å². The van der Waals surface area contributed by atoms with Crippen LogP contribution in [0.2, 0.25) is 0 Å². The topological polar surface area (TPSA) is 75.4 Å². The molecule has 0 heterocycles. The van der Waals surface area contributed by atoms with Crippen molar-refractivity contribution in [2.75, 3.05) is 5.32 Å². The Hall–Kier alpha value is -2.07. The van der Waals surface area contributed by atoms with E-state index in [0.29, 0.717) is 5.69 Å². The van der Waals surface area contributed by atoms with Crippen LogP contribution in [0, 0.1) is 0 Å². The smallest absolute Gasteiger partial charge is 0.241 e. The van der Waals surface area contributed by atoms with Gasteiger partial charge in [0.25, 0.3) is 0 Å². The maximum Gasteiger partial charge on any atom is 0.241 e. The Morgan fingerprint density at radius 1 is 1.35 bits per heavy atom. The number of carbonyl (C=O) groups excluding carboxylic acids is 1. The number of rotatable bonds is 2. The van der Waals surface area contributed by atoms with Crippen molar-refractivity contribution >= 4 is 22.4 Å². The number of anilines is 1. The van der Waals surface area contributed by atoms with Crippen molar-refractivity contribution in [2.24, 2.45) is 5.73 Å². The third-order valence-corrected chi connectivity index (χ3v) is 2.54. The summed E-state index contributed by atoms with van der Waals surface area (Å²) in [5, 5.41) is 13.9. The number of carbonyl (C=O) groups is 1. The van der Waals surface area contributed by atoms with Gasteiger partial charge in [0.15, 0.2) is 0 Å². The van der Waals surface area contributed by atoms with Crippen molar-refractivity contribution in [3.8, 4) is 5.75 Å². The lowest BCUT2D eigenvalue weighted by molar-refractivity contribution is -0.117.